The molecule has 1 atom stereocenters. The molecular formula is C22H18FN5O2. The van der Waals surface area contributed by atoms with Gasteiger partial charge in [0.1, 0.15) is 30.0 Å². The number of halogens is 1. The second kappa shape index (κ2) is 6.48. The SMILES string of the molecule is Cc1ncncc1-c1cc2c(n3cnnc13)CCc1c(F)ccc3c1[C@H](CO3)CO2. The molecule has 6 rings (SSSR count). The molecule has 0 unspecified atom stereocenters. The van der Waals surface area contributed by atoms with Gasteiger partial charge in [0.2, 0.25) is 0 Å². The van der Waals surface area contributed by atoms with Gasteiger partial charge in [-0.1, -0.05) is 0 Å². The summed E-state index contributed by atoms with van der Waals surface area (Å²) in [6, 6.07) is 5.19. The Bertz CT molecular complexity index is 1300. The Kier molecular flexibility index (Phi) is 3.74. The zero-order chi connectivity index (χ0) is 20.2. The first-order valence-electron chi connectivity index (χ1n) is 9.90. The van der Waals surface area contributed by atoms with Crippen molar-refractivity contribution in [1.82, 2.24) is 24.6 Å². The molecule has 3 aromatic heterocycles. The van der Waals surface area contributed by atoms with Gasteiger partial charge in [0.25, 0.3) is 0 Å². The van der Waals surface area contributed by atoms with Crippen LogP contribution in [0.5, 0.6) is 11.5 Å². The minimum Gasteiger partial charge on any atom is -0.493 e. The predicted molar refractivity (Wildman–Crippen MR) is 106 cm³/mol. The van der Waals surface area contributed by atoms with Crippen LogP contribution < -0.4 is 9.47 Å². The number of hydrogen-bond donors (Lipinski definition) is 0. The highest BCUT2D eigenvalue weighted by Crippen LogP contribution is 2.41. The van der Waals surface area contributed by atoms with Crippen LogP contribution in [0.3, 0.4) is 0 Å². The van der Waals surface area contributed by atoms with Crippen molar-refractivity contribution in [2.45, 2.75) is 25.7 Å². The fourth-order valence-electron chi connectivity index (χ4n) is 4.52. The van der Waals surface area contributed by atoms with Crippen LogP contribution in [0.25, 0.3) is 16.8 Å². The van der Waals surface area contributed by atoms with Gasteiger partial charge < -0.3 is 9.47 Å². The maximum absolute atomic E-state index is 14.7. The molecule has 7 nitrogen and oxygen atoms in total. The number of hydrogen-bond acceptors (Lipinski definition) is 6. The monoisotopic (exact) mass is 403 g/mol. The second-order valence-electron chi connectivity index (χ2n) is 7.67. The van der Waals surface area contributed by atoms with Crippen LogP contribution in [-0.2, 0) is 12.8 Å². The third-order valence-electron chi connectivity index (χ3n) is 6.00. The van der Waals surface area contributed by atoms with E-state index in [9.17, 15) is 4.39 Å². The van der Waals surface area contributed by atoms with E-state index < -0.39 is 0 Å². The molecule has 0 saturated heterocycles. The third-order valence-corrected chi connectivity index (χ3v) is 6.00. The first-order valence-corrected chi connectivity index (χ1v) is 9.90. The van der Waals surface area contributed by atoms with Crippen molar-refractivity contribution in [2.75, 3.05) is 13.2 Å². The smallest absolute Gasteiger partial charge is 0.169 e. The topological polar surface area (TPSA) is 74.4 Å². The molecule has 0 spiro atoms. The average molecular weight is 403 g/mol. The molecule has 2 aliphatic heterocycles. The lowest BCUT2D eigenvalue weighted by Crippen LogP contribution is -2.13. The summed E-state index contributed by atoms with van der Waals surface area (Å²) < 4.78 is 28.7. The van der Waals surface area contributed by atoms with E-state index in [1.807, 2.05) is 17.4 Å². The third kappa shape index (κ3) is 2.49. The second-order valence-corrected chi connectivity index (χ2v) is 7.67. The van der Waals surface area contributed by atoms with Crippen LogP contribution in [0.15, 0.2) is 37.1 Å². The minimum absolute atomic E-state index is 0.00139. The number of aryl methyl sites for hydroxylation is 2. The van der Waals surface area contributed by atoms with Crippen LogP contribution in [0, 0.1) is 12.7 Å². The van der Waals surface area contributed by atoms with Crippen molar-refractivity contribution in [2.24, 2.45) is 0 Å². The number of benzene rings is 1. The minimum atomic E-state index is -0.193. The van der Waals surface area contributed by atoms with Crippen molar-refractivity contribution >= 4 is 5.65 Å². The van der Waals surface area contributed by atoms with E-state index in [0.717, 1.165) is 39.6 Å². The van der Waals surface area contributed by atoms with Crippen molar-refractivity contribution in [3.8, 4) is 22.6 Å². The first-order chi connectivity index (χ1) is 14.7. The van der Waals surface area contributed by atoms with Crippen LogP contribution >= 0.6 is 0 Å². The van der Waals surface area contributed by atoms with Crippen LogP contribution in [0.1, 0.15) is 28.4 Å². The number of fused-ring (bicyclic) bond motifs is 3. The Morgan fingerprint density at radius 1 is 1.10 bits per heavy atom. The lowest BCUT2D eigenvalue weighted by Gasteiger charge is -2.16. The van der Waals surface area contributed by atoms with Crippen molar-refractivity contribution in [3.05, 3.63) is 65.4 Å². The van der Waals surface area contributed by atoms with Crippen molar-refractivity contribution < 1.29 is 13.9 Å². The van der Waals surface area contributed by atoms with E-state index in [4.69, 9.17) is 9.47 Å². The fraction of sp³-hybridized carbons (Fsp3) is 0.273. The fourth-order valence-corrected chi connectivity index (χ4v) is 4.52. The van der Waals surface area contributed by atoms with E-state index in [0.29, 0.717) is 37.3 Å². The Morgan fingerprint density at radius 3 is 2.83 bits per heavy atom. The van der Waals surface area contributed by atoms with Crippen LogP contribution in [0.2, 0.25) is 0 Å². The van der Waals surface area contributed by atoms with Gasteiger partial charge in [0, 0.05) is 28.6 Å². The molecule has 0 fully saturated rings. The Balaban J connectivity index is 1.54. The summed E-state index contributed by atoms with van der Waals surface area (Å²) in [5.41, 5.74) is 5.86. The van der Waals surface area contributed by atoms with E-state index >= 15 is 0 Å². The Labute approximate surface area is 171 Å². The van der Waals surface area contributed by atoms with E-state index in [-0.39, 0.29) is 11.7 Å². The van der Waals surface area contributed by atoms with Crippen LogP contribution in [0.4, 0.5) is 4.39 Å². The summed E-state index contributed by atoms with van der Waals surface area (Å²) in [5, 5.41) is 8.46. The summed E-state index contributed by atoms with van der Waals surface area (Å²) in [6.45, 7) is 2.84. The summed E-state index contributed by atoms with van der Waals surface area (Å²) in [7, 11) is 0. The van der Waals surface area contributed by atoms with E-state index in [1.54, 1.807) is 18.6 Å². The van der Waals surface area contributed by atoms with Gasteiger partial charge in [-0.2, -0.15) is 0 Å². The number of pyridine rings is 1. The summed E-state index contributed by atoms with van der Waals surface area (Å²) >= 11 is 0. The first kappa shape index (κ1) is 17.3. The highest BCUT2D eigenvalue weighted by molar-refractivity contribution is 5.80. The highest BCUT2D eigenvalue weighted by Gasteiger charge is 2.31. The van der Waals surface area contributed by atoms with Gasteiger partial charge in [-0.25, -0.2) is 14.4 Å². The van der Waals surface area contributed by atoms with Gasteiger partial charge in [0.05, 0.1) is 24.8 Å². The average Bonchev–Trinajstić information content (AvgIpc) is 3.40. The molecule has 1 aromatic carbocycles. The molecule has 5 heterocycles. The molecular weight excluding hydrogens is 385 g/mol. The van der Waals surface area contributed by atoms with Gasteiger partial charge in [-0.05, 0) is 43.5 Å². The quantitative estimate of drug-likeness (QED) is 0.486. The molecule has 2 aliphatic rings. The maximum atomic E-state index is 14.7. The van der Waals surface area contributed by atoms with Crippen LogP contribution in [-0.4, -0.2) is 37.8 Å². The predicted octanol–water partition coefficient (Wildman–Crippen LogP) is 3.29. The molecule has 8 heteroatoms. The zero-order valence-electron chi connectivity index (χ0n) is 16.3. The number of nitrogens with zero attached hydrogens (tertiary/aromatic N) is 5. The molecule has 4 aromatic rings. The van der Waals surface area contributed by atoms with Crippen molar-refractivity contribution in [3.63, 3.8) is 0 Å². The van der Waals surface area contributed by atoms with Gasteiger partial charge in [0.15, 0.2) is 5.65 Å². The zero-order valence-corrected chi connectivity index (χ0v) is 16.3. The molecule has 150 valence electrons. The summed E-state index contributed by atoms with van der Waals surface area (Å²) in [5.74, 6) is 1.31. The normalized spacial score (nSPS) is 17.3. The molecule has 0 aliphatic carbocycles. The standard InChI is InChI=1S/C22H18FN5O2/c1-12-16(7-24-10-25-12)15-6-20-18(28-11-26-27-22(15)28)4-2-14-17(23)3-5-19-21(14)13(8-29-19)9-30-20/h3,5-7,10-11,13H,2,4,8-9H2,1H3/t13-/m1/s1. The lowest BCUT2D eigenvalue weighted by atomic mass is 9.93. The number of ether oxygens (including phenoxy) is 2. The summed E-state index contributed by atoms with van der Waals surface area (Å²) in [4.78, 5) is 8.48. The Morgan fingerprint density at radius 2 is 1.97 bits per heavy atom. The molecule has 0 N–H and O–H groups in total. The Hall–Kier alpha value is -3.55. The number of rotatable bonds is 1. The largest absolute Gasteiger partial charge is 0.493 e. The summed E-state index contributed by atoms with van der Waals surface area (Å²) in [6.07, 6.45) is 6.12. The molecule has 0 amide bonds. The molecule has 0 radical (unpaired) electrons. The van der Waals surface area contributed by atoms with E-state index in [1.165, 1.54) is 12.4 Å². The van der Waals surface area contributed by atoms with E-state index in [2.05, 4.69) is 20.2 Å². The molecule has 30 heavy (non-hydrogen) atoms. The van der Waals surface area contributed by atoms with Crippen molar-refractivity contribution in [1.29, 1.82) is 0 Å². The number of aromatic nitrogens is 5. The maximum Gasteiger partial charge on any atom is 0.169 e. The van der Waals surface area contributed by atoms with Gasteiger partial charge in [-0.15, -0.1) is 10.2 Å². The molecule has 0 bridgehead atoms. The lowest BCUT2D eigenvalue weighted by molar-refractivity contribution is 0.246. The van der Waals surface area contributed by atoms with Gasteiger partial charge >= 0.3 is 0 Å². The highest BCUT2D eigenvalue weighted by atomic mass is 19.1. The molecule has 0 saturated carbocycles. The van der Waals surface area contributed by atoms with Gasteiger partial charge in [-0.3, -0.25) is 4.40 Å².